The second-order valence-electron chi connectivity index (χ2n) is 7.00. The Hall–Kier alpha value is -3.38. The lowest BCUT2D eigenvalue weighted by atomic mass is 10.1. The second kappa shape index (κ2) is 10.5. The highest BCUT2D eigenvalue weighted by molar-refractivity contribution is 7.13. The number of anilines is 3. The zero-order valence-corrected chi connectivity index (χ0v) is 21.0. The second-order valence-corrected chi connectivity index (χ2v) is 9.14. The van der Waals surface area contributed by atoms with Crippen LogP contribution >= 0.6 is 46.1 Å². The number of nitrogens with one attached hydrogen (secondary N) is 2. The Morgan fingerprint density at radius 2 is 1.91 bits per heavy atom. The van der Waals surface area contributed by atoms with Crippen LogP contribution in [0.15, 0.2) is 42.2 Å². The molecule has 0 saturated heterocycles. The van der Waals surface area contributed by atoms with E-state index in [0.717, 1.165) is 11.3 Å². The van der Waals surface area contributed by atoms with Crippen molar-refractivity contribution in [3.63, 3.8) is 0 Å². The molecule has 0 aliphatic carbocycles. The molecule has 1 aromatic carbocycles. The van der Waals surface area contributed by atoms with Crippen molar-refractivity contribution in [3.8, 4) is 5.75 Å². The number of hydrogen-bond acceptors (Lipinski definition) is 8. The third-order valence-electron chi connectivity index (χ3n) is 4.63. The summed E-state index contributed by atoms with van der Waals surface area (Å²) in [5.74, 6) is -0.536. The fourth-order valence-corrected chi connectivity index (χ4v) is 4.62. The summed E-state index contributed by atoms with van der Waals surface area (Å²) in [6.07, 6.45) is 2.85. The number of rotatable bonds is 7. The highest BCUT2D eigenvalue weighted by atomic mass is 35.5. The Morgan fingerprint density at radius 3 is 2.57 bits per heavy atom. The minimum absolute atomic E-state index is 0.0606. The van der Waals surface area contributed by atoms with Gasteiger partial charge in [-0.15, -0.1) is 16.4 Å². The first kappa shape index (κ1) is 24.7. The summed E-state index contributed by atoms with van der Waals surface area (Å²) < 4.78 is 6.86. The number of ether oxygens (including phenoxy) is 1. The maximum absolute atomic E-state index is 13.1. The summed E-state index contributed by atoms with van der Waals surface area (Å²) >= 11 is 19.6. The summed E-state index contributed by atoms with van der Waals surface area (Å²) in [6, 6.07) is 6.00. The van der Waals surface area contributed by atoms with Crippen molar-refractivity contribution in [1.82, 2.24) is 19.7 Å². The number of amides is 2. The molecule has 3 heterocycles. The van der Waals surface area contributed by atoms with Crippen LogP contribution in [-0.2, 0) is 6.54 Å². The Morgan fingerprint density at radius 1 is 1.11 bits per heavy atom. The van der Waals surface area contributed by atoms with Gasteiger partial charge in [0.2, 0.25) is 5.95 Å². The van der Waals surface area contributed by atoms with Crippen molar-refractivity contribution < 1.29 is 14.3 Å². The zero-order chi connectivity index (χ0) is 25.1. The maximum Gasteiger partial charge on any atom is 0.267 e. The van der Waals surface area contributed by atoms with Crippen LogP contribution in [0.3, 0.4) is 0 Å². The van der Waals surface area contributed by atoms with Crippen molar-refractivity contribution in [1.29, 1.82) is 0 Å². The molecule has 0 aliphatic rings. The van der Waals surface area contributed by atoms with Gasteiger partial charge in [-0.05, 0) is 23.6 Å². The third kappa shape index (κ3) is 5.65. The minimum atomic E-state index is -0.572. The number of pyridine rings is 1. The summed E-state index contributed by atoms with van der Waals surface area (Å²) in [5, 5.41) is 12.0. The number of nitrogen functional groups attached to an aromatic ring is 1. The monoisotopic (exact) mass is 551 g/mol. The highest BCUT2D eigenvalue weighted by Crippen LogP contribution is 2.35. The van der Waals surface area contributed by atoms with Gasteiger partial charge in [0.1, 0.15) is 22.8 Å². The van der Waals surface area contributed by atoms with Gasteiger partial charge in [0.15, 0.2) is 0 Å². The van der Waals surface area contributed by atoms with E-state index in [-0.39, 0.29) is 50.2 Å². The lowest BCUT2D eigenvalue weighted by Crippen LogP contribution is -2.19. The van der Waals surface area contributed by atoms with E-state index < -0.39 is 11.8 Å². The molecule has 0 fully saturated rings. The fraction of sp³-hybridized carbons (Fsp3) is 0.0952. The van der Waals surface area contributed by atoms with E-state index in [2.05, 4.69) is 25.7 Å². The largest absolute Gasteiger partial charge is 0.494 e. The lowest BCUT2D eigenvalue weighted by molar-refractivity contribution is 0.102. The zero-order valence-electron chi connectivity index (χ0n) is 17.9. The van der Waals surface area contributed by atoms with Crippen LogP contribution in [0.4, 0.5) is 17.5 Å². The number of nitrogens with zero attached hydrogens (tertiary/aromatic N) is 4. The first-order valence-corrected chi connectivity index (χ1v) is 11.8. The van der Waals surface area contributed by atoms with Gasteiger partial charge in [-0.2, -0.15) is 0 Å². The highest BCUT2D eigenvalue weighted by Gasteiger charge is 2.23. The Kier molecular flexibility index (Phi) is 7.41. The molecule has 0 unspecified atom stereocenters. The molecular formula is C21H16Cl3N7O3S. The number of halogens is 3. The minimum Gasteiger partial charge on any atom is -0.494 e. The smallest absolute Gasteiger partial charge is 0.267 e. The van der Waals surface area contributed by atoms with Gasteiger partial charge in [0, 0.05) is 22.8 Å². The van der Waals surface area contributed by atoms with Crippen molar-refractivity contribution in [2.24, 2.45) is 0 Å². The van der Waals surface area contributed by atoms with Crippen molar-refractivity contribution in [3.05, 3.63) is 73.2 Å². The fourth-order valence-electron chi connectivity index (χ4n) is 3.05. The summed E-state index contributed by atoms with van der Waals surface area (Å²) in [6.45, 7) is 0.277. The molecule has 3 aromatic heterocycles. The Bertz CT molecular complexity index is 1410. The normalized spacial score (nSPS) is 10.7. The lowest BCUT2D eigenvalue weighted by Gasteiger charge is -2.15. The van der Waals surface area contributed by atoms with Crippen LogP contribution < -0.4 is 21.1 Å². The molecule has 4 aromatic rings. The Labute approximate surface area is 218 Å². The molecular weight excluding hydrogens is 537 g/mol. The predicted molar refractivity (Wildman–Crippen MR) is 136 cm³/mol. The molecule has 0 aliphatic heterocycles. The number of methoxy groups -OCH3 is 1. The van der Waals surface area contributed by atoms with Crippen LogP contribution in [0.5, 0.6) is 5.75 Å². The maximum atomic E-state index is 13.1. The van der Waals surface area contributed by atoms with E-state index in [9.17, 15) is 9.59 Å². The molecule has 4 rings (SSSR count). The van der Waals surface area contributed by atoms with E-state index >= 15 is 0 Å². The molecule has 10 nitrogen and oxygen atoms in total. The molecule has 0 saturated carbocycles. The van der Waals surface area contributed by atoms with Gasteiger partial charge in [-0.3, -0.25) is 9.59 Å². The van der Waals surface area contributed by atoms with E-state index in [1.165, 1.54) is 42.5 Å². The van der Waals surface area contributed by atoms with E-state index in [4.69, 9.17) is 45.3 Å². The van der Waals surface area contributed by atoms with E-state index in [1.807, 2.05) is 0 Å². The van der Waals surface area contributed by atoms with Gasteiger partial charge in [0.05, 0.1) is 35.0 Å². The number of thiophene rings is 1. The average molecular weight is 553 g/mol. The molecule has 14 heteroatoms. The first-order valence-electron chi connectivity index (χ1n) is 9.77. The number of hydrogen-bond donors (Lipinski definition) is 3. The molecule has 35 heavy (non-hydrogen) atoms. The van der Waals surface area contributed by atoms with Crippen LogP contribution in [0.1, 0.15) is 25.6 Å². The quantitative estimate of drug-likeness (QED) is 0.298. The molecule has 0 radical (unpaired) electrons. The number of nitrogens with two attached hydrogens (primary N) is 1. The SMILES string of the molecule is COc1cc(Cl)cc(C(=O)Nc2ccc(Cl)cn2)c1NC(=O)c1scc(Cn2cnc(N)n2)c1Cl. The third-order valence-corrected chi connectivity index (χ3v) is 6.65. The number of benzene rings is 1. The molecule has 0 bridgehead atoms. The first-order chi connectivity index (χ1) is 16.7. The number of carbonyl (C=O) groups excluding carboxylic acids is 2. The van der Waals surface area contributed by atoms with Crippen LogP contribution in [0, 0.1) is 0 Å². The summed E-state index contributed by atoms with van der Waals surface area (Å²) in [4.78, 5) is 34.3. The van der Waals surface area contributed by atoms with Crippen molar-refractivity contribution in [2.45, 2.75) is 6.54 Å². The molecule has 2 amide bonds. The van der Waals surface area contributed by atoms with Gasteiger partial charge < -0.3 is 21.1 Å². The molecule has 4 N–H and O–H groups in total. The van der Waals surface area contributed by atoms with Crippen LogP contribution in [-0.4, -0.2) is 38.7 Å². The van der Waals surface area contributed by atoms with Crippen molar-refractivity contribution >= 4 is 75.4 Å². The number of aromatic nitrogens is 4. The Balaban J connectivity index is 1.61. The van der Waals surface area contributed by atoms with Crippen LogP contribution in [0.25, 0.3) is 0 Å². The molecule has 0 atom stereocenters. The van der Waals surface area contributed by atoms with Gasteiger partial charge >= 0.3 is 0 Å². The average Bonchev–Trinajstić information content (AvgIpc) is 3.41. The van der Waals surface area contributed by atoms with Gasteiger partial charge in [-0.25, -0.2) is 14.6 Å². The van der Waals surface area contributed by atoms with E-state index in [0.29, 0.717) is 10.6 Å². The number of carbonyl (C=O) groups is 2. The van der Waals surface area contributed by atoms with Gasteiger partial charge in [0.25, 0.3) is 11.8 Å². The predicted octanol–water partition coefficient (Wildman–Crippen LogP) is 4.84. The van der Waals surface area contributed by atoms with E-state index in [1.54, 1.807) is 11.4 Å². The van der Waals surface area contributed by atoms with Gasteiger partial charge in [-0.1, -0.05) is 34.8 Å². The molecule has 180 valence electrons. The topological polar surface area (TPSA) is 137 Å². The summed E-state index contributed by atoms with van der Waals surface area (Å²) in [5.41, 5.74) is 6.37. The van der Waals surface area contributed by atoms with Crippen LogP contribution in [0.2, 0.25) is 15.1 Å². The molecule has 0 spiro atoms. The standard InChI is InChI=1S/C21H16Cl3N7O3S/c1-34-14-5-12(23)4-13(19(32)28-15-3-2-11(22)6-26-15)17(14)29-20(33)18-16(24)10(8-35-18)7-31-9-27-21(25)30-31/h2-6,8-9H,7H2,1H3,(H2,25,30)(H,29,33)(H,26,28,32). The summed E-state index contributed by atoms with van der Waals surface area (Å²) in [7, 11) is 1.39. The van der Waals surface area contributed by atoms with Crippen molar-refractivity contribution in [2.75, 3.05) is 23.5 Å².